The van der Waals surface area contributed by atoms with E-state index in [0.717, 1.165) is 0 Å². The van der Waals surface area contributed by atoms with Gasteiger partial charge >= 0.3 is 6.16 Å². The molecule has 84 valence electrons. The summed E-state index contributed by atoms with van der Waals surface area (Å²) in [5, 5.41) is 0. The van der Waals surface area contributed by atoms with Gasteiger partial charge in [0.25, 0.3) is 0 Å². The van der Waals surface area contributed by atoms with E-state index in [1.807, 2.05) is 0 Å². The van der Waals surface area contributed by atoms with Crippen molar-refractivity contribution in [1.29, 1.82) is 0 Å². The fraction of sp³-hybridized carbons (Fsp3) is 0.222. The third-order valence-corrected chi connectivity index (χ3v) is 1.76. The van der Waals surface area contributed by atoms with Crippen LogP contribution in [0.1, 0.15) is 11.6 Å². The molecular formula is C9H10N4O3. The molecule has 0 amide bonds. The molecule has 0 aliphatic carbocycles. The predicted molar refractivity (Wildman–Crippen MR) is 52.1 cm³/mol. The predicted octanol–water partition coefficient (Wildman–Crippen LogP) is 0.986. The number of rotatable bonds is 4. The number of aromatic nitrogens is 4. The zero-order chi connectivity index (χ0) is 11.2. The number of carbonyl (C=O) groups is 1. The van der Waals surface area contributed by atoms with Gasteiger partial charge in [0.2, 0.25) is 0 Å². The Morgan fingerprint density at radius 3 is 1.94 bits per heavy atom. The second kappa shape index (κ2) is 4.96. The minimum absolute atomic E-state index is 0.0595. The second-order valence-corrected chi connectivity index (χ2v) is 2.90. The number of hydrogen-bond donors (Lipinski definition) is 2. The number of carbonyl (C=O) groups excluding carboxylic acids is 1. The molecule has 2 aromatic rings. The Balaban J connectivity index is 1.69. The van der Waals surface area contributed by atoms with Crippen LogP contribution in [0.5, 0.6) is 0 Å². The minimum atomic E-state index is -0.757. The largest absolute Gasteiger partial charge is 0.509 e. The fourth-order valence-electron chi connectivity index (χ4n) is 1.05. The molecule has 0 fully saturated rings. The summed E-state index contributed by atoms with van der Waals surface area (Å²) in [6.45, 7) is 0.119. The number of H-pyrrole nitrogens is 2. The maximum absolute atomic E-state index is 11.1. The highest BCUT2D eigenvalue weighted by Gasteiger charge is 2.06. The Morgan fingerprint density at radius 1 is 1.06 bits per heavy atom. The molecule has 0 unspecified atom stereocenters. The molecule has 16 heavy (non-hydrogen) atoms. The van der Waals surface area contributed by atoms with Gasteiger partial charge in [-0.25, -0.2) is 14.8 Å². The molecule has 2 N–H and O–H groups in total. The van der Waals surface area contributed by atoms with Gasteiger partial charge in [-0.3, -0.25) is 0 Å². The molecule has 0 saturated carbocycles. The topological polar surface area (TPSA) is 92.9 Å². The van der Waals surface area contributed by atoms with Gasteiger partial charge in [0, 0.05) is 24.8 Å². The third-order valence-electron chi connectivity index (χ3n) is 1.76. The molecule has 0 aromatic carbocycles. The van der Waals surface area contributed by atoms with E-state index in [4.69, 9.17) is 9.47 Å². The van der Waals surface area contributed by atoms with Gasteiger partial charge in [0.15, 0.2) is 13.2 Å². The molecule has 2 rings (SSSR count). The zero-order valence-electron chi connectivity index (χ0n) is 8.34. The number of hydrogen-bond acceptors (Lipinski definition) is 5. The Hall–Kier alpha value is -2.31. The van der Waals surface area contributed by atoms with Gasteiger partial charge in [-0.05, 0) is 0 Å². The van der Waals surface area contributed by atoms with Crippen molar-refractivity contribution in [2.75, 3.05) is 0 Å². The molecule has 0 spiro atoms. The molecular weight excluding hydrogens is 212 g/mol. The summed E-state index contributed by atoms with van der Waals surface area (Å²) in [5.41, 5.74) is 0. The lowest BCUT2D eigenvalue weighted by molar-refractivity contribution is 0.0416. The van der Waals surface area contributed by atoms with Crippen LogP contribution in [0.4, 0.5) is 4.79 Å². The van der Waals surface area contributed by atoms with Crippen LogP contribution in [0.2, 0.25) is 0 Å². The Bertz CT molecular complexity index is 383. The first-order chi connectivity index (χ1) is 7.84. The van der Waals surface area contributed by atoms with Crippen molar-refractivity contribution in [3.8, 4) is 0 Å². The quantitative estimate of drug-likeness (QED) is 0.752. The van der Waals surface area contributed by atoms with Crippen molar-refractivity contribution in [3.05, 3.63) is 36.4 Å². The average Bonchev–Trinajstić information content (AvgIpc) is 2.96. The monoisotopic (exact) mass is 222 g/mol. The summed E-state index contributed by atoms with van der Waals surface area (Å²) >= 11 is 0. The second-order valence-electron chi connectivity index (χ2n) is 2.90. The van der Waals surface area contributed by atoms with Crippen molar-refractivity contribution >= 4 is 6.16 Å². The summed E-state index contributed by atoms with van der Waals surface area (Å²) in [5.74, 6) is 1.13. The Morgan fingerprint density at radius 2 is 1.56 bits per heavy atom. The Kier molecular flexibility index (Phi) is 3.17. The fourth-order valence-corrected chi connectivity index (χ4v) is 1.05. The molecule has 2 heterocycles. The normalized spacial score (nSPS) is 10.0. The van der Waals surface area contributed by atoms with E-state index in [1.165, 1.54) is 0 Å². The highest BCUT2D eigenvalue weighted by Crippen LogP contribution is 1.97. The molecule has 7 heteroatoms. The van der Waals surface area contributed by atoms with Crippen molar-refractivity contribution in [2.45, 2.75) is 13.2 Å². The highest BCUT2D eigenvalue weighted by atomic mass is 16.7. The van der Waals surface area contributed by atoms with Gasteiger partial charge in [0.05, 0.1) is 0 Å². The third kappa shape index (κ3) is 2.84. The van der Waals surface area contributed by atoms with E-state index >= 15 is 0 Å². The maximum Gasteiger partial charge on any atom is 0.509 e. The van der Waals surface area contributed by atoms with Crippen LogP contribution in [0.15, 0.2) is 24.8 Å². The van der Waals surface area contributed by atoms with E-state index in [0.29, 0.717) is 11.6 Å². The van der Waals surface area contributed by atoms with Crippen LogP contribution in [0, 0.1) is 0 Å². The first-order valence-electron chi connectivity index (χ1n) is 4.60. The van der Waals surface area contributed by atoms with Crippen LogP contribution >= 0.6 is 0 Å². The standard InChI is InChI=1S/C9H10N4O3/c14-9(15-5-7-10-1-2-11-7)16-6-8-12-3-4-13-8/h1-4H,5-6H2,(H,10,11)(H,12,13). The van der Waals surface area contributed by atoms with Gasteiger partial charge < -0.3 is 19.4 Å². The van der Waals surface area contributed by atoms with Crippen LogP contribution in [-0.2, 0) is 22.7 Å². The summed E-state index contributed by atoms with van der Waals surface area (Å²) in [6.07, 6.45) is 5.69. The molecule has 7 nitrogen and oxygen atoms in total. The van der Waals surface area contributed by atoms with Crippen LogP contribution in [0.25, 0.3) is 0 Å². The van der Waals surface area contributed by atoms with E-state index < -0.39 is 6.16 Å². The van der Waals surface area contributed by atoms with Gasteiger partial charge in [0.1, 0.15) is 11.6 Å². The maximum atomic E-state index is 11.1. The number of aromatic amines is 2. The van der Waals surface area contributed by atoms with E-state index in [2.05, 4.69) is 19.9 Å². The molecule has 0 aliphatic heterocycles. The van der Waals surface area contributed by atoms with Crippen molar-refractivity contribution in [2.24, 2.45) is 0 Å². The first kappa shape index (κ1) is 10.2. The molecule has 0 aliphatic rings. The molecule has 0 atom stereocenters. The summed E-state index contributed by atoms with van der Waals surface area (Å²) in [4.78, 5) is 24.5. The lowest BCUT2D eigenvalue weighted by Crippen LogP contribution is -2.08. The summed E-state index contributed by atoms with van der Waals surface area (Å²) in [6, 6.07) is 0. The van der Waals surface area contributed by atoms with E-state index in [-0.39, 0.29) is 13.2 Å². The number of imidazole rings is 2. The molecule has 2 aromatic heterocycles. The average molecular weight is 222 g/mol. The minimum Gasteiger partial charge on any atom is -0.426 e. The summed E-state index contributed by atoms with van der Waals surface area (Å²) in [7, 11) is 0. The lowest BCUT2D eigenvalue weighted by atomic mass is 10.7. The number of nitrogens with zero attached hydrogens (tertiary/aromatic N) is 2. The number of nitrogens with one attached hydrogen (secondary N) is 2. The molecule has 0 saturated heterocycles. The van der Waals surface area contributed by atoms with Crippen LogP contribution < -0.4 is 0 Å². The van der Waals surface area contributed by atoms with Crippen LogP contribution in [-0.4, -0.2) is 26.1 Å². The van der Waals surface area contributed by atoms with E-state index in [1.54, 1.807) is 24.8 Å². The van der Waals surface area contributed by atoms with Gasteiger partial charge in [-0.15, -0.1) is 0 Å². The number of ether oxygens (including phenoxy) is 2. The van der Waals surface area contributed by atoms with Crippen molar-refractivity contribution < 1.29 is 14.3 Å². The lowest BCUT2D eigenvalue weighted by Gasteiger charge is -2.03. The van der Waals surface area contributed by atoms with Crippen molar-refractivity contribution in [3.63, 3.8) is 0 Å². The van der Waals surface area contributed by atoms with Gasteiger partial charge in [-0.1, -0.05) is 0 Å². The first-order valence-corrected chi connectivity index (χ1v) is 4.60. The van der Waals surface area contributed by atoms with Gasteiger partial charge in [-0.2, -0.15) is 0 Å². The summed E-state index contributed by atoms with van der Waals surface area (Å²) < 4.78 is 9.58. The van der Waals surface area contributed by atoms with Crippen molar-refractivity contribution in [1.82, 2.24) is 19.9 Å². The Labute approximate surface area is 90.8 Å². The molecule has 0 bridgehead atoms. The molecule has 0 radical (unpaired) electrons. The zero-order valence-corrected chi connectivity index (χ0v) is 8.34. The van der Waals surface area contributed by atoms with E-state index in [9.17, 15) is 4.79 Å². The SMILES string of the molecule is O=C(OCc1ncc[nH]1)OCc1ncc[nH]1. The smallest absolute Gasteiger partial charge is 0.426 e. The van der Waals surface area contributed by atoms with Crippen LogP contribution in [0.3, 0.4) is 0 Å². The highest BCUT2D eigenvalue weighted by molar-refractivity contribution is 5.59.